The molecule has 28 heavy (non-hydrogen) atoms. The summed E-state index contributed by atoms with van der Waals surface area (Å²) in [7, 11) is 0. The monoisotopic (exact) mass is 401 g/mol. The summed E-state index contributed by atoms with van der Waals surface area (Å²) < 4.78 is 6.30. The number of carbonyl (C=O) groups is 1. The summed E-state index contributed by atoms with van der Waals surface area (Å²) in [6.07, 6.45) is 10.3. The SMILES string of the molecule is CC(NC(=O)C12CCC(Cl)(CC1)CC2)C1CCC2(CC1)OCc1ccccc12. The molecule has 4 aliphatic carbocycles. The number of carbonyl (C=O) groups excluding carboxylic acids is 1. The van der Waals surface area contributed by atoms with Crippen LogP contribution < -0.4 is 5.32 Å². The van der Waals surface area contributed by atoms with Crippen molar-refractivity contribution in [3.63, 3.8) is 0 Å². The van der Waals surface area contributed by atoms with E-state index in [9.17, 15) is 4.79 Å². The van der Waals surface area contributed by atoms with Gasteiger partial charge < -0.3 is 10.1 Å². The van der Waals surface area contributed by atoms with Crippen LogP contribution in [0.1, 0.15) is 82.3 Å². The second-order valence-electron chi connectivity index (χ2n) is 9.97. The minimum Gasteiger partial charge on any atom is -0.366 e. The number of hydrogen-bond acceptors (Lipinski definition) is 2. The Morgan fingerprint density at radius 3 is 2.39 bits per heavy atom. The third kappa shape index (κ3) is 3.01. The molecule has 4 fully saturated rings. The van der Waals surface area contributed by atoms with Crippen LogP contribution in [-0.2, 0) is 21.7 Å². The van der Waals surface area contributed by atoms with Gasteiger partial charge in [-0.2, -0.15) is 0 Å². The Balaban J connectivity index is 1.20. The average Bonchev–Trinajstić information content (AvgIpc) is 3.08. The van der Waals surface area contributed by atoms with E-state index in [-0.39, 0.29) is 21.9 Å². The maximum Gasteiger partial charge on any atom is 0.226 e. The smallest absolute Gasteiger partial charge is 0.226 e. The van der Waals surface area contributed by atoms with Gasteiger partial charge in [-0.25, -0.2) is 0 Å². The van der Waals surface area contributed by atoms with E-state index in [0.29, 0.717) is 11.8 Å². The molecule has 6 rings (SSSR count). The number of hydrogen-bond donors (Lipinski definition) is 1. The third-order valence-corrected chi connectivity index (χ3v) is 9.12. The van der Waals surface area contributed by atoms with Crippen molar-refractivity contribution in [2.24, 2.45) is 11.3 Å². The number of fused-ring (bicyclic) bond motifs is 5. The zero-order valence-corrected chi connectivity index (χ0v) is 17.7. The lowest BCUT2D eigenvalue weighted by Gasteiger charge is -2.50. The summed E-state index contributed by atoms with van der Waals surface area (Å²) in [5, 5.41) is 3.42. The molecule has 1 aromatic carbocycles. The molecule has 1 N–H and O–H groups in total. The highest BCUT2D eigenvalue weighted by atomic mass is 35.5. The number of alkyl halides is 1. The third-order valence-electron chi connectivity index (χ3n) is 8.55. The predicted octanol–water partition coefficient (Wildman–Crippen LogP) is 5.44. The number of halogens is 1. The van der Waals surface area contributed by atoms with Crippen LogP contribution in [0.25, 0.3) is 0 Å². The Kier molecular flexibility index (Phi) is 4.56. The molecule has 1 aromatic rings. The van der Waals surface area contributed by atoms with E-state index in [0.717, 1.165) is 70.8 Å². The summed E-state index contributed by atoms with van der Waals surface area (Å²) in [5.74, 6) is 0.836. The summed E-state index contributed by atoms with van der Waals surface area (Å²) >= 11 is 6.64. The first-order valence-corrected chi connectivity index (χ1v) is 11.5. The molecule has 152 valence electrons. The van der Waals surface area contributed by atoms with Gasteiger partial charge in [-0.1, -0.05) is 24.3 Å². The van der Waals surface area contributed by atoms with Gasteiger partial charge in [-0.3, -0.25) is 4.79 Å². The summed E-state index contributed by atoms with van der Waals surface area (Å²) in [4.78, 5) is 13.2. The minimum absolute atomic E-state index is 0.0110. The average molecular weight is 402 g/mol. The van der Waals surface area contributed by atoms with Crippen LogP contribution in [0.4, 0.5) is 0 Å². The van der Waals surface area contributed by atoms with Gasteiger partial charge in [-0.15, -0.1) is 11.6 Å². The van der Waals surface area contributed by atoms with Gasteiger partial charge >= 0.3 is 0 Å². The van der Waals surface area contributed by atoms with Crippen molar-refractivity contribution in [2.75, 3.05) is 0 Å². The van der Waals surface area contributed by atoms with E-state index in [1.807, 2.05) is 0 Å². The fourth-order valence-electron chi connectivity index (χ4n) is 6.36. The molecular formula is C24H32ClNO2. The van der Waals surface area contributed by atoms with Gasteiger partial charge in [0, 0.05) is 16.3 Å². The normalized spacial score (nSPS) is 40.3. The first-order valence-electron chi connectivity index (χ1n) is 11.2. The maximum absolute atomic E-state index is 13.2. The molecule has 1 spiro atoms. The zero-order valence-electron chi connectivity index (χ0n) is 16.9. The molecule has 0 radical (unpaired) electrons. The van der Waals surface area contributed by atoms with Gasteiger partial charge in [-0.05, 0) is 88.2 Å². The Bertz CT molecular complexity index is 743. The topological polar surface area (TPSA) is 38.3 Å². The van der Waals surface area contributed by atoms with Crippen LogP contribution in [0.5, 0.6) is 0 Å². The van der Waals surface area contributed by atoms with E-state index in [1.54, 1.807) is 0 Å². The quantitative estimate of drug-likeness (QED) is 0.685. The molecule has 0 saturated heterocycles. The Hall–Kier alpha value is -1.06. The molecule has 1 aliphatic heterocycles. The van der Waals surface area contributed by atoms with Gasteiger partial charge in [0.05, 0.1) is 12.2 Å². The van der Waals surface area contributed by atoms with Crippen molar-refractivity contribution in [1.82, 2.24) is 5.32 Å². The number of ether oxygens (including phenoxy) is 1. The predicted molar refractivity (Wildman–Crippen MR) is 111 cm³/mol. The molecule has 1 atom stereocenters. The number of amides is 1. The molecule has 4 saturated carbocycles. The molecule has 1 unspecified atom stereocenters. The second kappa shape index (κ2) is 6.74. The van der Waals surface area contributed by atoms with E-state index in [2.05, 4.69) is 36.5 Å². The van der Waals surface area contributed by atoms with Crippen molar-refractivity contribution >= 4 is 17.5 Å². The van der Waals surface area contributed by atoms with Gasteiger partial charge in [0.15, 0.2) is 0 Å². The van der Waals surface area contributed by atoms with Crippen LogP contribution in [0, 0.1) is 11.3 Å². The van der Waals surface area contributed by atoms with Crippen molar-refractivity contribution in [2.45, 2.75) is 94.3 Å². The molecule has 5 aliphatic rings. The highest BCUT2D eigenvalue weighted by molar-refractivity contribution is 6.24. The van der Waals surface area contributed by atoms with E-state index in [4.69, 9.17) is 16.3 Å². The highest BCUT2D eigenvalue weighted by Crippen LogP contribution is 2.55. The van der Waals surface area contributed by atoms with Crippen LogP contribution >= 0.6 is 11.6 Å². The standard InChI is InChI=1S/C24H32ClNO2/c1-17(26-21(27)22-10-13-23(25,14-11-22)15-12-22)18-6-8-24(9-7-18)20-5-3-2-4-19(20)16-28-24/h2-5,17-18H,6-16H2,1H3,(H,26,27). The molecule has 1 heterocycles. The molecule has 1 amide bonds. The minimum atomic E-state index is -0.145. The summed E-state index contributed by atoms with van der Waals surface area (Å²) in [5.41, 5.74) is 2.53. The summed E-state index contributed by atoms with van der Waals surface area (Å²) in [6, 6.07) is 8.92. The lowest BCUT2D eigenvalue weighted by Crippen LogP contribution is -2.53. The first-order chi connectivity index (χ1) is 13.4. The maximum atomic E-state index is 13.2. The first kappa shape index (κ1) is 18.9. The number of rotatable bonds is 3. The van der Waals surface area contributed by atoms with Crippen molar-refractivity contribution in [1.29, 1.82) is 0 Å². The van der Waals surface area contributed by atoms with Gasteiger partial charge in [0.2, 0.25) is 5.91 Å². The highest BCUT2D eigenvalue weighted by Gasteiger charge is 2.52. The van der Waals surface area contributed by atoms with Gasteiger partial charge in [0.1, 0.15) is 0 Å². The molecule has 2 bridgehead atoms. The number of nitrogens with one attached hydrogen (secondary N) is 1. The van der Waals surface area contributed by atoms with Crippen LogP contribution in [0.2, 0.25) is 0 Å². The van der Waals surface area contributed by atoms with Crippen molar-refractivity contribution in [3.8, 4) is 0 Å². The van der Waals surface area contributed by atoms with E-state index < -0.39 is 0 Å². The molecule has 4 heteroatoms. The Morgan fingerprint density at radius 1 is 1.07 bits per heavy atom. The molecule has 3 nitrogen and oxygen atoms in total. The van der Waals surface area contributed by atoms with E-state index >= 15 is 0 Å². The largest absolute Gasteiger partial charge is 0.366 e. The Labute approximate surface area is 173 Å². The van der Waals surface area contributed by atoms with Crippen LogP contribution in [-0.4, -0.2) is 16.8 Å². The lowest BCUT2D eigenvalue weighted by atomic mass is 9.59. The lowest BCUT2D eigenvalue weighted by molar-refractivity contribution is -0.137. The zero-order chi connectivity index (χ0) is 19.4. The van der Waals surface area contributed by atoms with Gasteiger partial charge in [0.25, 0.3) is 0 Å². The Morgan fingerprint density at radius 2 is 1.71 bits per heavy atom. The van der Waals surface area contributed by atoms with Crippen LogP contribution in [0.15, 0.2) is 24.3 Å². The van der Waals surface area contributed by atoms with Crippen LogP contribution in [0.3, 0.4) is 0 Å². The number of benzene rings is 1. The molecular weight excluding hydrogens is 370 g/mol. The van der Waals surface area contributed by atoms with Crippen molar-refractivity contribution < 1.29 is 9.53 Å². The summed E-state index contributed by atoms with van der Waals surface area (Å²) in [6.45, 7) is 2.95. The fourth-order valence-corrected chi connectivity index (χ4v) is 6.65. The fraction of sp³-hybridized carbons (Fsp3) is 0.708. The molecule has 0 aromatic heterocycles. The van der Waals surface area contributed by atoms with Crippen molar-refractivity contribution in [3.05, 3.63) is 35.4 Å². The van der Waals surface area contributed by atoms with E-state index in [1.165, 1.54) is 11.1 Å². The second-order valence-corrected chi connectivity index (χ2v) is 10.8.